The molecule has 134 valence electrons. The van der Waals surface area contributed by atoms with Crippen molar-refractivity contribution < 1.29 is 9.90 Å². The number of nitrogens with zero attached hydrogens (tertiary/aromatic N) is 1. The lowest BCUT2D eigenvalue weighted by Crippen LogP contribution is -2.22. The van der Waals surface area contributed by atoms with E-state index >= 15 is 0 Å². The van der Waals surface area contributed by atoms with Crippen LogP contribution < -0.4 is 0 Å². The van der Waals surface area contributed by atoms with E-state index in [1.807, 2.05) is 12.1 Å². The molecule has 0 amide bonds. The lowest BCUT2D eigenvalue weighted by Gasteiger charge is -2.29. The Balaban J connectivity index is 2.05. The van der Waals surface area contributed by atoms with Crippen molar-refractivity contribution in [2.75, 3.05) is 13.6 Å². The molecule has 0 aliphatic heterocycles. The molecule has 0 saturated heterocycles. The van der Waals surface area contributed by atoms with Crippen LogP contribution in [-0.2, 0) is 19.4 Å². The van der Waals surface area contributed by atoms with E-state index in [1.165, 1.54) is 10.4 Å². The van der Waals surface area contributed by atoms with Gasteiger partial charge in [0.05, 0.1) is 5.56 Å². The van der Waals surface area contributed by atoms with Crippen molar-refractivity contribution in [2.45, 2.75) is 46.6 Å². The molecule has 3 rings (SSSR count). The molecule has 1 heterocycles. The summed E-state index contributed by atoms with van der Waals surface area (Å²) in [6.45, 7) is 8.49. The lowest BCUT2D eigenvalue weighted by molar-refractivity contribution is 0.0696. The summed E-state index contributed by atoms with van der Waals surface area (Å²) in [4.78, 5) is 16.5. The van der Waals surface area contributed by atoms with Gasteiger partial charge in [-0.1, -0.05) is 39.0 Å². The molecule has 3 nitrogen and oxygen atoms in total. The summed E-state index contributed by atoms with van der Waals surface area (Å²) in [6, 6.07) is 8.36. The molecule has 1 aromatic heterocycles. The Labute approximate surface area is 154 Å². The highest BCUT2D eigenvalue weighted by atomic mass is 32.1. The fourth-order valence-electron chi connectivity index (χ4n) is 3.58. The van der Waals surface area contributed by atoms with Gasteiger partial charge in [0.15, 0.2) is 0 Å². The van der Waals surface area contributed by atoms with Crippen molar-refractivity contribution in [2.24, 2.45) is 5.41 Å². The molecular formula is C21H27NO2S. The van der Waals surface area contributed by atoms with Crippen LogP contribution in [0.1, 0.15) is 53.6 Å². The van der Waals surface area contributed by atoms with Gasteiger partial charge in [0, 0.05) is 16.3 Å². The van der Waals surface area contributed by atoms with Gasteiger partial charge in [-0.15, -0.1) is 11.3 Å². The number of aryl methyl sites for hydroxylation is 1. The zero-order valence-corrected chi connectivity index (χ0v) is 16.4. The Morgan fingerprint density at radius 2 is 2.12 bits per heavy atom. The van der Waals surface area contributed by atoms with Crippen LogP contribution in [0.3, 0.4) is 0 Å². The number of carboxylic acids is 1. The fraction of sp³-hybridized carbons (Fsp3) is 0.476. The van der Waals surface area contributed by atoms with Gasteiger partial charge in [0.1, 0.15) is 0 Å². The van der Waals surface area contributed by atoms with Crippen LogP contribution in [0.5, 0.6) is 0 Å². The molecule has 1 N–H and O–H groups in total. The Bertz CT molecular complexity index is 791. The average molecular weight is 358 g/mol. The van der Waals surface area contributed by atoms with Gasteiger partial charge >= 0.3 is 5.97 Å². The van der Waals surface area contributed by atoms with Crippen molar-refractivity contribution >= 4 is 17.3 Å². The third kappa shape index (κ3) is 3.80. The topological polar surface area (TPSA) is 40.5 Å². The predicted octanol–water partition coefficient (Wildman–Crippen LogP) is 5.08. The van der Waals surface area contributed by atoms with E-state index in [2.05, 4.69) is 44.9 Å². The van der Waals surface area contributed by atoms with Crippen LogP contribution in [0.4, 0.5) is 0 Å². The van der Waals surface area contributed by atoms with Crippen LogP contribution in [0.25, 0.3) is 10.4 Å². The van der Waals surface area contributed by atoms with Crippen LogP contribution >= 0.6 is 11.3 Å². The van der Waals surface area contributed by atoms with Crippen molar-refractivity contribution in [1.29, 1.82) is 0 Å². The van der Waals surface area contributed by atoms with E-state index in [4.69, 9.17) is 0 Å². The summed E-state index contributed by atoms with van der Waals surface area (Å²) >= 11 is 1.68. The van der Waals surface area contributed by atoms with Gasteiger partial charge < -0.3 is 10.0 Å². The number of hydrogen-bond acceptors (Lipinski definition) is 3. The third-order valence-corrected chi connectivity index (χ3v) is 6.51. The highest BCUT2D eigenvalue weighted by Crippen LogP contribution is 2.45. The fourth-order valence-corrected chi connectivity index (χ4v) is 4.89. The molecular weight excluding hydrogens is 330 g/mol. The molecule has 0 unspecified atom stereocenters. The monoisotopic (exact) mass is 357 g/mol. The zero-order valence-electron chi connectivity index (χ0n) is 15.6. The van der Waals surface area contributed by atoms with Gasteiger partial charge in [0.2, 0.25) is 0 Å². The Kier molecular flexibility index (Phi) is 5.03. The van der Waals surface area contributed by atoms with E-state index in [0.717, 1.165) is 48.4 Å². The van der Waals surface area contributed by atoms with Crippen LogP contribution in [0.15, 0.2) is 24.3 Å². The largest absolute Gasteiger partial charge is 0.478 e. The van der Waals surface area contributed by atoms with Crippen LogP contribution in [0.2, 0.25) is 0 Å². The minimum Gasteiger partial charge on any atom is -0.478 e. The summed E-state index contributed by atoms with van der Waals surface area (Å²) in [5, 5.41) is 9.89. The van der Waals surface area contributed by atoms with Crippen molar-refractivity contribution in [3.8, 4) is 10.4 Å². The molecule has 4 heteroatoms. The second kappa shape index (κ2) is 6.93. The standard InChI is InChI=1S/C21H27NO2S/c1-5-22(4)13-14-7-6-8-15(11-14)19-18(20(23)24)16-12-21(2,3)10-9-17(16)25-19/h6-8,11H,5,9-10,12-13H2,1-4H3,(H,23,24). The number of hydrogen-bond donors (Lipinski definition) is 1. The number of fused-ring (bicyclic) bond motifs is 1. The van der Waals surface area contributed by atoms with E-state index in [-0.39, 0.29) is 5.41 Å². The number of carbonyl (C=O) groups is 1. The first-order chi connectivity index (χ1) is 11.8. The number of rotatable bonds is 5. The number of benzene rings is 1. The highest BCUT2D eigenvalue weighted by Gasteiger charge is 2.32. The Morgan fingerprint density at radius 3 is 2.80 bits per heavy atom. The molecule has 0 saturated carbocycles. The first-order valence-corrected chi connectivity index (χ1v) is 9.78. The maximum atomic E-state index is 12.0. The lowest BCUT2D eigenvalue weighted by atomic mass is 9.76. The average Bonchev–Trinajstić information content (AvgIpc) is 2.92. The van der Waals surface area contributed by atoms with E-state index < -0.39 is 5.97 Å². The third-order valence-electron chi connectivity index (χ3n) is 5.17. The normalized spacial score (nSPS) is 16.0. The second-order valence-electron chi connectivity index (χ2n) is 7.88. The number of thiophene rings is 1. The summed E-state index contributed by atoms with van der Waals surface area (Å²) in [5.41, 5.74) is 4.05. The summed E-state index contributed by atoms with van der Waals surface area (Å²) in [7, 11) is 2.10. The smallest absolute Gasteiger partial charge is 0.337 e. The van der Waals surface area contributed by atoms with E-state index in [0.29, 0.717) is 5.56 Å². The number of aromatic carboxylic acids is 1. The minimum atomic E-state index is -0.790. The zero-order chi connectivity index (χ0) is 18.2. The van der Waals surface area contributed by atoms with Crippen LogP contribution in [0, 0.1) is 5.41 Å². The molecule has 0 fully saturated rings. The maximum Gasteiger partial charge on any atom is 0.337 e. The Hall–Kier alpha value is -1.65. The summed E-state index contributed by atoms with van der Waals surface area (Å²) < 4.78 is 0. The first kappa shape index (κ1) is 18.2. The minimum absolute atomic E-state index is 0.182. The SMILES string of the molecule is CCN(C)Cc1cccc(-c2sc3c(c2C(=O)O)CC(C)(C)CC3)c1. The van der Waals surface area contributed by atoms with E-state index in [9.17, 15) is 9.90 Å². The van der Waals surface area contributed by atoms with Crippen LogP contribution in [-0.4, -0.2) is 29.6 Å². The van der Waals surface area contributed by atoms with Gasteiger partial charge in [-0.2, -0.15) is 0 Å². The van der Waals surface area contributed by atoms with Crippen molar-refractivity contribution in [3.63, 3.8) is 0 Å². The van der Waals surface area contributed by atoms with Gasteiger partial charge in [-0.25, -0.2) is 4.79 Å². The highest BCUT2D eigenvalue weighted by molar-refractivity contribution is 7.16. The molecule has 0 spiro atoms. The quantitative estimate of drug-likeness (QED) is 0.811. The molecule has 1 aliphatic carbocycles. The molecule has 1 aliphatic rings. The predicted molar refractivity (Wildman–Crippen MR) is 105 cm³/mol. The number of carboxylic acid groups (broad SMARTS) is 1. The molecule has 0 radical (unpaired) electrons. The molecule has 1 aromatic carbocycles. The maximum absolute atomic E-state index is 12.0. The van der Waals surface area contributed by atoms with Crippen molar-refractivity contribution in [1.82, 2.24) is 4.90 Å². The van der Waals surface area contributed by atoms with Crippen molar-refractivity contribution in [3.05, 3.63) is 45.8 Å². The van der Waals surface area contributed by atoms with E-state index in [1.54, 1.807) is 11.3 Å². The van der Waals surface area contributed by atoms with Gasteiger partial charge in [0.25, 0.3) is 0 Å². The summed E-state index contributed by atoms with van der Waals surface area (Å²) in [6.07, 6.45) is 2.98. The first-order valence-electron chi connectivity index (χ1n) is 8.96. The Morgan fingerprint density at radius 1 is 1.36 bits per heavy atom. The molecule has 0 atom stereocenters. The summed E-state index contributed by atoms with van der Waals surface area (Å²) in [5.74, 6) is -0.790. The molecule has 2 aromatic rings. The molecule has 25 heavy (non-hydrogen) atoms. The van der Waals surface area contributed by atoms with Gasteiger partial charge in [-0.05, 0) is 61.0 Å². The molecule has 0 bridgehead atoms. The van der Waals surface area contributed by atoms with Gasteiger partial charge in [-0.3, -0.25) is 0 Å². The second-order valence-corrected chi connectivity index (χ2v) is 8.99.